The molecule has 6 rings (SSSR count). The summed E-state index contributed by atoms with van der Waals surface area (Å²) in [5.74, 6) is -0.615. The Bertz CT molecular complexity index is 2100. The molecule has 12 heteroatoms. The van der Waals surface area contributed by atoms with Gasteiger partial charge in [0, 0.05) is 52.8 Å². The third-order valence-corrected chi connectivity index (χ3v) is 8.63. The molecule has 1 aliphatic heterocycles. The van der Waals surface area contributed by atoms with Crippen LogP contribution in [-0.4, -0.2) is 51.6 Å². The van der Waals surface area contributed by atoms with E-state index < -0.39 is 5.82 Å². The van der Waals surface area contributed by atoms with Crippen LogP contribution in [0.5, 0.6) is 5.75 Å². The monoisotopic (exact) mass is 668 g/mol. The number of benzene rings is 3. The standard InChI is InChI=1S/C33H26BrFN6O4/c1-37-30(42)19-3-7-24(8-4-19)40-31-23(13-20-5-9-25(45-2)15-28(20)35)17-38-41(31)29-18-39(12-11-26(29)33(40)44)32(43)21-6-10-27(34)22(14-21)16-36/h3-10,14-15,17H,11-13,18H2,1-2H3,(H,37,42). The van der Waals surface area contributed by atoms with Gasteiger partial charge in [-0.2, -0.15) is 10.4 Å². The first-order chi connectivity index (χ1) is 21.7. The minimum Gasteiger partial charge on any atom is -0.497 e. The SMILES string of the molecule is CNC(=O)c1ccc(-n2c(=O)c3c(n4ncc(Cc5ccc(OC)cc5F)c24)CN(C(=O)c2ccc(Br)c(C#N)c2)CC3)cc1. The first-order valence-electron chi connectivity index (χ1n) is 14.0. The van der Waals surface area contributed by atoms with Crippen molar-refractivity contribution in [1.29, 1.82) is 5.26 Å². The predicted octanol–water partition coefficient (Wildman–Crippen LogP) is 4.42. The fourth-order valence-electron chi connectivity index (χ4n) is 5.59. The summed E-state index contributed by atoms with van der Waals surface area (Å²) in [6.45, 7) is 0.387. The summed E-state index contributed by atoms with van der Waals surface area (Å²) in [6.07, 6.45) is 2.01. The second-order valence-electron chi connectivity index (χ2n) is 10.5. The molecule has 0 saturated heterocycles. The molecule has 2 aromatic heterocycles. The number of fused-ring (bicyclic) bond motifs is 3. The molecule has 0 spiro atoms. The molecule has 1 aliphatic rings. The van der Waals surface area contributed by atoms with Crippen molar-refractivity contribution in [3.05, 3.63) is 127 Å². The summed E-state index contributed by atoms with van der Waals surface area (Å²) in [5, 5.41) is 16.7. The zero-order valence-corrected chi connectivity index (χ0v) is 25.9. The Morgan fingerprint density at radius 1 is 1.09 bits per heavy atom. The van der Waals surface area contributed by atoms with Gasteiger partial charge < -0.3 is 15.0 Å². The number of aromatic nitrogens is 3. The summed E-state index contributed by atoms with van der Waals surface area (Å²) in [6, 6.07) is 18.1. The molecule has 226 valence electrons. The molecule has 3 aromatic carbocycles. The van der Waals surface area contributed by atoms with Gasteiger partial charge in [0.05, 0.1) is 36.8 Å². The molecule has 5 aromatic rings. The number of hydrogen-bond acceptors (Lipinski definition) is 6. The molecule has 0 unspecified atom stereocenters. The van der Waals surface area contributed by atoms with Crippen LogP contribution in [0.15, 0.2) is 76.1 Å². The van der Waals surface area contributed by atoms with Crippen LogP contribution in [0.2, 0.25) is 0 Å². The van der Waals surface area contributed by atoms with Crippen molar-refractivity contribution >= 4 is 33.4 Å². The lowest BCUT2D eigenvalue weighted by Gasteiger charge is -2.30. The average Bonchev–Trinajstić information content (AvgIpc) is 3.48. The normalized spacial score (nSPS) is 12.5. The fraction of sp³-hybridized carbons (Fsp3) is 0.182. The van der Waals surface area contributed by atoms with Crippen LogP contribution >= 0.6 is 15.9 Å². The topological polar surface area (TPSA) is 122 Å². The Morgan fingerprint density at radius 3 is 2.53 bits per heavy atom. The zero-order valence-electron chi connectivity index (χ0n) is 24.3. The van der Waals surface area contributed by atoms with Crippen LogP contribution in [0.25, 0.3) is 11.3 Å². The van der Waals surface area contributed by atoms with Crippen molar-refractivity contribution in [2.24, 2.45) is 0 Å². The van der Waals surface area contributed by atoms with E-state index in [4.69, 9.17) is 4.74 Å². The minimum atomic E-state index is -0.460. The molecule has 1 N–H and O–H groups in total. The first-order valence-corrected chi connectivity index (χ1v) is 14.8. The summed E-state index contributed by atoms with van der Waals surface area (Å²) in [4.78, 5) is 41.6. The number of nitrogens with one attached hydrogen (secondary N) is 1. The van der Waals surface area contributed by atoms with E-state index in [1.54, 1.807) is 64.1 Å². The van der Waals surface area contributed by atoms with Gasteiger partial charge in [-0.15, -0.1) is 0 Å². The molecule has 10 nitrogen and oxygen atoms in total. The molecule has 3 heterocycles. The minimum absolute atomic E-state index is 0.103. The van der Waals surface area contributed by atoms with E-state index in [1.807, 2.05) is 0 Å². The van der Waals surface area contributed by atoms with Crippen molar-refractivity contribution in [3.8, 4) is 17.5 Å². The Kier molecular flexibility index (Phi) is 7.95. The van der Waals surface area contributed by atoms with Crippen molar-refractivity contribution in [3.63, 3.8) is 0 Å². The van der Waals surface area contributed by atoms with Crippen LogP contribution in [0, 0.1) is 17.1 Å². The van der Waals surface area contributed by atoms with Crippen LogP contribution in [0.3, 0.4) is 0 Å². The third-order valence-electron chi connectivity index (χ3n) is 7.94. The highest BCUT2D eigenvalue weighted by molar-refractivity contribution is 9.10. The molecular formula is C33H26BrFN6O4. The second kappa shape index (κ2) is 12.0. The van der Waals surface area contributed by atoms with Gasteiger partial charge >= 0.3 is 0 Å². The van der Waals surface area contributed by atoms with Crippen molar-refractivity contribution < 1.29 is 18.7 Å². The number of ether oxygens (including phenoxy) is 1. The van der Waals surface area contributed by atoms with Crippen LogP contribution in [0.4, 0.5) is 4.39 Å². The van der Waals surface area contributed by atoms with Gasteiger partial charge in [-0.05, 0) is 76.4 Å². The maximum atomic E-state index is 15.1. The summed E-state index contributed by atoms with van der Waals surface area (Å²) >= 11 is 3.32. The number of hydrogen-bond donors (Lipinski definition) is 1. The first kappa shape index (κ1) is 29.8. The molecule has 0 radical (unpaired) electrons. The van der Waals surface area contributed by atoms with Gasteiger partial charge in [0.2, 0.25) is 0 Å². The van der Waals surface area contributed by atoms with E-state index in [1.165, 1.54) is 30.9 Å². The number of nitriles is 1. The molecule has 0 atom stereocenters. The lowest BCUT2D eigenvalue weighted by atomic mass is 10.0. The molecular weight excluding hydrogens is 643 g/mol. The molecule has 0 aliphatic carbocycles. The smallest absolute Gasteiger partial charge is 0.261 e. The summed E-state index contributed by atoms with van der Waals surface area (Å²) in [5.41, 5.74) is 3.79. The van der Waals surface area contributed by atoms with Gasteiger partial charge in [0.25, 0.3) is 17.4 Å². The van der Waals surface area contributed by atoms with Gasteiger partial charge in [-0.1, -0.05) is 6.07 Å². The summed E-state index contributed by atoms with van der Waals surface area (Å²) in [7, 11) is 3.00. The maximum absolute atomic E-state index is 15.1. The number of amides is 2. The van der Waals surface area contributed by atoms with Crippen LogP contribution in [-0.2, 0) is 19.4 Å². The second-order valence-corrected chi connectivity index (χ2v) is 11.4. The number of nitrogens with zero attached hydrogens (tertiary/aromatic N) is 5. The third kappa shape index (κ3) is 5.36. The Morgan fingerprint density at radius 2 is 1.84 bits per heavy atom. The van der Waals surface area contributed by atoms with Gasteiger partial charge in [0.15, 0.2) is 0 Å². The zero-order chi connectivity index (χ0) is 31.8. The highest BCUT2D eigenvalue weighted by Crippen LogP contribution is 2.27. The molecule has 2 amide bonds. The highest BCUT2D eigenvalue weighted by atomic mass is 79.9. The van der Waals surface area contributed by atoms with Gasteiger partial charge in [0.1, 0.15) is 23.3 Å². The van der Waals surface area contributed by atoms with E-state index in [0.29, 0.717) is 60.6 Å². The summed E-state index contributed by atoms with van der Waals surface area (Å²) < 4.78 is 24.0. The van der Waals surface area contributed by atoms with E-state index in [-0.39, 0.29) is 43.3 Å². The number of carbonyl (C=O) groups is 2. The van der Waals surface area contributed by atoms with E-state index in [2.05, 4.69) is 32.4 Å². The van der Waals surface area contributed by atoms with Crippen molar-refractivity contribution in [2.75, 3.05) is 20.7 Å². The van der Waals surface area contributed by atoms with E-state index >= 15 is 4.39 Å². The molecule has 0 fully saturated rings. The number of rotatable bonds is 6. The largest absolute Gasteiger partial charge is 0.497 e. The Balaban J connectivity index is 1.48. The number of halogens is 2. The van der Waals surface area contributed by atoms with Gasteiger partial charge in [-0.3, -0.25) is 19.0 Å². The lowest BCUT2D eigenvalue weighted by molar-refractivity contribution is 0.0729. The number of methoxy groups -OCH3 is 1. The molecule has 45 heavy (non-hydrogen) atoms. The van der Waals surface area contributed by atoms with Crippen molar-refractivity contribution in [2.45, 2.75) is 19.4 Å². The maximum Gasteiger partial charge on any atom is 0.261 e. The highest BCUT2D eigenvalue weighted by Gasteiger charge is 2.29. The van der Waals surface area contributed by atoms with E-state index in [0.717, 1.165) is 0 Å². The number of carbonyl (C=O) groups excluding carboxylic acids is 2. The van der Waals surface area contributed by atoms with Crippen LogP contribution in [0.1, 0.15) is 48.7 Å². The quantitative estimate of drug-likeness (QED) is 0.286. The van der Waals surface area contributed by atoms with E-state index in [9.17, 15) is 19.6 Å². The Labute approximate surface area is 265 Å². The van der Waals surface area contributed by atoms with Crippen molar-refractivity contribution in [1.82, 2.24) is 24.4 Å². The fourth-order valence-corrected chi connectivity index (χ4v) is 5.92. The molecule has 0 bridgehead atoms. The van der Waals surface area contributed by atoms with Gasteiger partial charge in [-0.25, -0.2) is 8.91 Å². The predicted molar refractivity (Wildman–Crippen MR) is 167 cm³/mol. The average molecular weight is 670 g/mol. The molecule has 0 saturated carbocycles. The Hall–Kier alpha value is -5.28. The van der Waals surface area contributed by atoms with Crippen LogP contribution < -0.4 is 15.6 Å². The lowest BCUT2D eigenvalue weighted by Crippen LogP contribution is -2.41.